The van der Waals surface area contributed by atoms with Gasteiger partial charge in [0.2, 0.25) is 0 Å². The third-order valence-corrected chi connectivity index (χ3v) is 2.12. The zero-order chi connectivity index (χ0) is 13.9. The van der Waals surface area contributed by atoms with Gasteiger partial charge in [-0.05, 0) is 12.1 Å². The molecular weight excluding hydrogens is 254 g/mol. The molecule has 0 heterocycles. The number of phenols is 1. The van der Waals surface area contributed by atoms with Gasteiger partial charge in [0.15, 0.2) is 5.78 Å². The lowest BCUT2D eigenvalue weighted by Crippen LogP contribution is -2.33. The van der Waals surface area contributed by atoms with Crippen molar-refractivity contribution >= 4 is 5.78 Å². The van der Waals surface area contributed by atoms with Crippen LogP contribution in [0.5, 0.6) is 5.75 Å². The summed E-state index contributed by atoms with van der Waals surface area (Å²) in [4.78, 5) is 11.5. The summed E-state index contributed by atoms with van der Waals surface area (Å²) in [5.41, 5.74) is 2.92. The van der Waals surface area contributed by atoms with E-state index in [2.05, 4.69) is 0 Å². The van der Waals surface area contributed by atoms with Crippen LogP contribution in [-0.2, 0) is 0 Å². The predicted molar refractivity (Wildman–Crippen MR) is 55.7 cm³/mol. The minimum atomic E-state index is -4.58. The fourth-order valence-electron chi connectivity index (χ4n) is 1.12. The quantitative estimate of drug-likeness (QED) is 0.498. The highest BCUT2D eigenvalue weighted by atomic mass is 19.3. The van der Waals surface area contributed by atoms with E-state index in [1.807, 2.05) is 0 Å². The Balaban J connectivity index is 3.04. The number of carbonyl (C=O) groups is 1. The summed E-state index contributed by atoms with van der Waals surface area (Å²) in [6.07, 6.45) is -3.83. The normalized spacial score (nSPS) is 12.8. The third-order valence-electron chi connectivity index (χ3n) is 2.12. The fraction of sp³-hybridized carbons (Fsp3) is 0.182. The van der Waals surface area contributed by atoms with E-state index in [-0.39, 0.29) is 11.6 Å². The zero-order valence-electron chi connectivity index (χ0n) is 8.91. The molecule has 3 nitrogen and oxygen atoms in total. The van der Waals surface area contributed by atoms with Crippen molar-refractivity contribution < 1.29 is 27.5 Å². The molecule has 1 aromatic rings. The van der Waals surface area contributed by atoms with E-state index >= 15 is 0 Å². The Kier molecular flexibility index (Phi) is 3.95. The number of aromatic hydroxyl groups is 1. The summed E-state index contributed by atoms with van der Waals surface area (Å²) < 4.78 is 49.4. The first-order valence-electron chi connectivity index (χ1n) is 4.72. The van der Waals surface area contributed by atoms with Crippen LogP contribution in [0.3, 0.4) is 0 Å². The molecule has 0 atom stereocenters. The molecule has 0 spiro atoms. The molecule has 0 aromatic heterocycles. The van der Waals surface area contributed by atoms with Crippen LogP contribution in [-0.4, -0.2) is 23.2 Å². The smallest absolute Gasteiger partial charge is 0.346 e. The number of rotatable bonds is 4. The van der Waals surface area contributed by atoms with Gasteiger partial charge in [-0.25, -0.2) is 8.78 Å². The number of nitrogens with two attached hydrogens (primary N) is 1. The van der Waals surface area contributed by atoms with E-state index in [0.717, 1.165) is 12.1 Å². The maximum absolute atomic E-state index is 12.8. The second-order valence-electron chi connectivity index (χ2n) is 3.40. The molecule has 0 unspecified atom stereocenters. The maximum atomic E-state index is 12.8. The van der Waals surface area contributed by atoms with Crippen molar-refractivity contribution in [3.05, 3.63) is 41.6 Å². The molecule has 0 aliphatic rings. The Labute approximate surface area is 99.5 Å². The molecule has 1 rings (SSSR count). The van der Waals surface area contributed by atoms with Crippen molar-refractivity contribution in [1.29, 1.82) is 0 Å². The highest BCUT2D eigenvalue weighted by Crippen LogP contribution is 2.28. The first-order chi connectivity index (χ1) is 8.26. The molecule has 0 amide bonds. The van der Waals surface area contributed by atoms with Crippen LogP contribution in [0.1, 0.15) is 10.4 Å². The molecule has 0 aliphatic carbocycles. The van der Waals surface area contributed by atoms with E-state index in [9.17, 15) is 27.5 Å². The van der Waals surface area contributed by atoms with Gasteiger partial charge in [0.25, 0.3) is 0 Å². The summed E-state index contributed by atoms with van der Waals surface area (Å²) in [6.45, 7) is 0. The number of phenolic OH excluding ortho intramolecular Hbond substituents is 1. The summed E-state index contributed by atoms with van der Waals surface area (Å²) >= 11 is 0. The van der Waals surface area contributed by atoms with Gasteiger partial charge < -0.3 is 10.8 Å². The molecule has 3 N–H and O–H groups in total. The second-order valence-corrected chi connectivity index (χ2v) is 3.40. The van der Waals surface area contributed by atoms with E-state index in [1.165, 1.54) is 12.1 Å². The van der Waals surface area contributed by atoms with Crippen molar-refractivity contribution in [3.63, 3.8) is 0 Å². The zero-order valence-corrected chi connectivity index (χ0v) is 8.91. The third kappa shape index (κ3) is 2.79. The average Bonchev–Trinajstić information content (AvgIpc) is 2.28. The van der Waals surface area contributed by atoms with Crippen molar-refractivity contribution in [2.45, 2.75) is 12.3 Å². The Morgan fingerprint density at radius 2 is 1.89 bits per heavy atom. The molecular formula is C11H9F4NO2. The van der Waals surface area contributed by atoms with Crippen LogP contribution in [0, 0.1) is 0 Å². The van der Waals surface area contributed by atoms with Gasteiger partial charge in [0, 0.05) is 6.08 Å². The van der Waals surface area contributed by atoms with Crippen molar-refractivity contribution in [2.75, 3.05) is 0 Å². The predicted octanol–water partition coefficient (Wildman–Crippen LogP) is 2.32. The lowest BCUT2D eigenvalue weighted by molar-refractivity contribution is -0.100. The molecule has 0 saturated carbocycles. The molecule has 7 heteroatoms. The molecule has 0 aliphatic heterocycles. The van der Waals surface area contributed by atoms with E-state index in [1.54, 1.807) is 0 Å². The van der Waals surface area contributed by atoms with Gasteiger partial charge in [0.05, 0.1) is 11.3 Å². The van der Waals surface area contributed by atoms with Crippen LogP contribution in [0.25, 0.3) is 0 Å². The lowest BCUT2D eigenvalue weighted by atomic mass is 10.1. The van der Waals surface area contributed by atoms with E-state index < -0.39 is 29.6 Å². The SMILES string of the molecule is N/C(=C\C(=O)c1ccccc1O)C(F)(F)C(F)F. The van der Waals surface area contributed by atoms with Crippen molar-refractivity contribution in [2.24, 2.45) is 5.73 Å². The first kappa shape index (κ1) is 14.0. The maximum Gasteiger partial charge on any atom is 0.346 e. The van der Waals surface area contributed by atoms with Crippen LogP contribution in [0.4, 0.5) is 17.6 Å². The topological polar surface area (TPSA) is 63.3 Å². The van der Waals surface area contributed by atoms with Crippen LogP contribution in [0.15, 0.2) is 36.0 Å². The second kappa shape index (κ2) is 5.07. The lowest BCUT2D eigenvalue weighted by Gasteiger charge is -2.15. The van der Waals surface area contributed by atoms with Crippen molar-refractivity contribution in [1.82, 2.24) is 0 Å². The average molecular weight is 263 g/mol. The largest absolute Gasteiger partial charge is 0.507 e. The Morgan fingerprint density at radius 1 is 1.33 bits per heavy atom. The number of hydrogen-bond donors (Lipinski definition) is 2. The first-order valence-corrected chi connectivity index (χ1v) is 4.72. The standard InChI is InChI=1S/C11H9F4NO2/c12-10(13)11(14,15)9(16)5-8(18)6-3-1-2-4-7(6)17/h1-5,10,17H,16H2/b9-5-. The number of carbonyl (C=O) groups excluding carboxylic acids is 1. The minimum absolute atomic E-state index is 0.182. The number of benzene rings is 1. The molecule has 0 bridgehead atoms. The molecule has 1 aromatic carbocycles. The van der Waals surface area contributed by atoms with E-state index in [0.29, 0.717) is 0 Å². The summed E-state index contributed by atoms with van der Waals surface area (Å²) in [5, 5.41) is 9.28. The highest BCUT2D eigenvalue weighted by molar-refractivity contribution is 6.06. The molecule has 0 radical (unpaired) electrons. The Morgan fingerprint density at radius 3 is 2.39 bits per heavy atom. The monoisotopic (exact) mass is 263 g/mol. The minimum Gasteiger partial charge on any atom is -0.507 e. The molecule has 98 valence electrons. The summed E-state index contributed by atoms with van der Waals surface area (Å²) in [7, 11) is 0. The number of alkyl halides is 4. The highest BCUT2D eigenvalue weighted by Gasteiger charge is 2.44. The number of allylic oxidation sites excluding steroid dienone is 2. The summed E-state index contributed by atoms with van der Waals surface area (Å²) in [6, 6.07) is 5.10. The van der Waals surface area contributed by atoms with Crippen molar-refractivity contribution in [3.8, 4) is 5.75 Å². The van der Waals surface area contributed by atoms with Gasteiger partial charge in [0.1, 0.15) is 5.75 Å². The molecule has 0 saturated heterocycles. The van der Waals surface area contributed by atoms with Crippen LogP contribution < -0.4 is 5.73 Å². The van der Waals surface area contributed by atoms with Crippen LogP contribution >= 0.6 is 0 Å². The number of hydrogen-bond acceptors (Lipinski definition) is 3. The Hall–Kier alpha value is -2.05. The fourth-order valence-corrected chi connectivity index (χ4v) is 1.12. The number of ketones is 1. The molecule has 18 heavy (non-hydrogen) atoms. The molecule has 0 fully saturated rings. The van der Waals surface area contributed by atoms with Crippen LogP contribution in [0.2, 0.25) is 0 Å². The van der Waals surface area contributed by atoms with Gasteiger partial charge in [-0.2, -0.15) is 8.78 Å². The van der Waals surface area contributed by atoms with Gasteiger partial charge in [-0.1, -0.05) is 12.1 Å². The van der Waals surface area contributed by atoms with Gasteiger partial charge >= 0.3 is 12.3 Å². The van der Waals surface area contributed by atoms with E-state index in [4.69, 9.17) is 5.73 Å². The number of para-hydroxylation sites is 1. The summed E-state index contributed by atoms with van der Waals surface area (Å²) in [5.74, 6) is -6.11. The number of halogens is 4. The Bertz CT molecular complexity index is 486. The van der Waals surface area contributed by atoms with Gasteiger partial charge in [-0.3, -0.25) is 4.79 Å². The van der Waals surface area contributed by atoms with Gasteiger partial charge in [-0.15, -0.1) is 0 Å².